The van der Waals surface area contributed by atoms with Crippen molar-refractivity contribution in [3.8, 4) is 6.07 Å². The van der Waals surface area contributed by atoms with Crippen molar-refractivity contribution in [3.63, 3.8) is 0 Å². The monoisotopic (exact) mass is 252 g/mol. The van der Waals surface area contributed by atoms with E-state index in [4.69, 9.17) is 5.26 Å². The van der Waals surface area contributed by atoms with Gasteiger partial charge in [0.1, 0.15) is 6.07 Å². The summed E-state index contributed by atoms with van der Waals surface area (Å²) in [6.45, 7) is 7.67. The average Bonchev–Trinajstić information content (AvgIpc) is 2.63. The molecule has 1 unspecified atom stereocenters. The van der Waals surface area contributed by atoms with E-state index in [1.54, 1.807) is 11.3 Å². The normalized spacial score (nSPS) is 13.4. The summed E-state index contributed by atoms with van der Waals surface area (Å²) in [4.78, 5) is 1.13. The Hall–Kier alpha value is -0.890. The van der Waals surface area contributed by atoms with Crippen molar-refractivity contribution in [2.45, 2.75) is 39.8 Å². The first-order valence-corrected chi connectivity index (χ1v) is 6.65. The van der Waals surface area contributed by atoms with Crippen LogP contribution in [0.4, 0.5) is 0 Å². The summed E-state index contributed by atoms with van der Waals surface area (Å²) in [5, 5.41) is 23.6. The molecule has 0 aromatic carbocycles. The molecule has 0 aliphatic heterocycles. The van der Waals surface area contributed by atoms with Crippen molar-refractivity contribution < 1.29 is 5.11 Å². The molecule has 0 spiro atoms. The van der Waals surface area contributed by atoms with E-state index in [0.717, 1.165) is 11.3 Å². The molecule has 0 radical (unpaired) electrons. The minimum Gasteiger partial charge on any atom is -0.392 e. The summed E-state index contributed by atoms with van der Waals surface area (Å²) in [5.41, 5.74) is 0.861. The smallest absolute Gasteiger partial charge is 0.100 e. The second kappa shape index (κ2) is 6.15. The molecule has 94 valence electrons. The fourth-order valence-corrected chi connectivity index (χ4v) is 2.45. The Bertz CT molecular complexity index is 387. The van der Waals surface area contributed by atoms with E-state index in [0.29, 0.717) is 18.7 Å². The summed E-state index contributed by atoms with van der Waals surface area (Å²) >= 11 is 1.57. The molecular formula is C13H20N2OS. The van der Waals surface area contributed by atoms with Crippen LogP contribution < -0.4 is 5.32 Å². The molecule has 4 heteroatoms. The van der Waals surface area contributed by atoms with Crippen LogP contribution in [-0.4, -0.2) is 17.8 Å². The predicted molar refractivity (Wildman–Crippen MR) is 70.8 cm³/mol. The van der Waals surface area contributed by atoms with Gasteiger partial charge < -0.3 is 10.4 Å². The van der Waals surface area contributed by atoms with Gasteiger partial charge in [-0.1, -0.05) is 20.8 Å². The van der Waals surface area contributed by atoms with Crippen molar-refractivity contribution in [2.24, 2.45) is 5.41 Å². The molecule has 0 fully saturated rings. The van der Waals surface area contributed by atoms with Crippen molar-refractivity contribution in [1.82, 2.24) is 5.32 Å². The standard InChI is InChI=1S/C13H20N2OS/c1-13(2,3)5-11(16)7-15-8-12-4-10(6-14)9-17-12/h4,9,11,15-16H,5,7-8H2,1-3H3. The first kappa shape index (κ1) is 14.2. The van der Waals surface area contributed by atoms with Crippen LogP contribution in [0.3, 0.4) is 0 Å². The van der Waals surface area contributed by atoms with E-state index in [1.165, 1.54) is 0 Å². The second-order valence-corrected chi connectivity index (χ2v) is 6.46. The van der Waals surface area contributed by atoms with Crippen molar-refractivity contribution in [3.05, 3.63) is 21.9 Å². The number of hydrogen-bond acceptors (Lipinski definition) is 4. The number of hydrogen-bond donors (Lipinski definition) is 2. The third kappa shape index (κ3) is 5.83. The van der Waals surface area contributed by atoms with E-state index < -0.39 is 0 Å². The summed E-state index contributed by atoms with van der Waals surface area (Å²) in [6.07, 6.45) is 0.471. The Balaban J connectivity index is 2.26. The highest BCUT2D eigenvalue weighted by molar-refractivity contribution is 7.10. The third-order valence-electron chi connectivity index (χ3n) is 2.31. The lowest BCUT2D eigenvalue weighted by Crippen LogP contribution is -2.29. The molecular weight excluding hydrogens is 232 g/mol. The van der Waals surface area contributed by atoms with Crippen molar-refractivity contribution in [1.29, 1.82) is 5.26 Å². The zero-order valence-electron chi connectivity index (χ0n) is 10.7. The maximum atomic E-state index is 9.80. The number of thiophene rings is 1. The predicted octanol–water partition coefficient (Wildman–Crippen LogP) is 2.51. The van der Waals surface area contributed by atoms with Crippen molar-refractivity contribution in [2.75, 3.05) is 6.54 Å². The van der Waals surface area contributed by atoms with E-state index in [-0.39, 0.29) is 11.5 Å². The topological polar surface area (TPSA) is 56.0 Å². The number of nitrogens with zero attached hydrogens (tertiary/aromatic N) is 1. The van der Waals surface area contributed by atoms with E-state index in [1.807, 2.05) is 11.4 Å². The van der Waals surface area contributed by atoms with Gasteiger partial charge in [0.05, 0.1) is 11.7 Å². The van der Waals surface area contributed by atoms with Gasteiger partial charge in [0.25, 0.3) is 0 Å². The van der Waals surface area contributed by atoms with Crippen LogP contribution in [0.5, 0.6) is 0 Å². The molecule has 0 saturated heterocycles. The Labute approximate surface area is 107 Å². The number of aliphatic hydroxyl groups excluding tert-OH is 1. The molecule has 3 nitrogen and oxygen atoms in total. The Morgan fingerprint density at radius 3 is 2.76 bits per heavy atom. The highest BCUT2D eigenvalue weighted by Gasteiger charge is 2.16. The van der Waals surface area contributed by atoms with Crippen LogP contribution in [0.1, 0.15) is 37.6 Å². The summed E-state index contributed by atoms with van der Waals surface area (Å²) in [5.74, 6) is 0. The van der Waals surface area contributed by atoms with Gasteiger partial charge in [-0.2, -0.15) is 5.26 Å². The van der Waals surface area contributed by atoms with Crippen LogP contribution in [0.2, 0.25) is 0 Å². The van der Waals surface area contributed by atoms with E-state index in [2.05, 4.69) is 32.2 Å². The van der Waals surface area contributed by atoms with Gasteiger partial charge in [-0.25, -0.2) is 0 Å². The minimum absolute atomic E-state index is 0.151. The molecule has 0 bridgehead atoms. The quantitative estimate of drug-likeness (QED) is 0.846. The Morgan fingerprint density at radius 2 is 2.24 bits per heavy atom. The molecule has 0 amide bonds. The van der Waals surface area contributed by atoms with Crippen LogP contribution in [-0.2, 0) is 6.54 Å². The molecule has 1 aromatic heterocycles. The molecule has 0 saturated carbocycles. The Morgan fingerprint density at radius 1 is 1.53 bits per heavy atom. The summed E-state index contributed by atoms with van der Waals surface area (Å²) < 4.78 is 0. The second-order valence-electron chi connectivity index (χ2n) is 5.46. The van der Waals surface area contributed by atoms with Gasteiger partial charge in [-0.05, 0) is 17.9 Å². The molecule has 1 aromatic rings. The lowest BCUT2D eigenvalue weighted by Gasteiger charge is -2.22. The molecule has 1 heterocycles. The molecule has 17 heavy (non-hydrogen) atoms. The maximum Gasteiger partial charge on any atom is 0.100 e. The van der Waals surface area contributed by atoms with Crippen molar-refractivity contribution >= 4 is 11.3 Å². The van der Waals surface area contributed by atoms with Gasteiger partial charge >= 0.3 is 0 Å². The average molecular weight is 252 g/mol. The highest BCUT2D eigenvalue weighted by Crippen LogP contribution is 2.20. The van der Waals surface area contributed by atoms with Crippen LogP contribution in [0.15, 0.2) is 11.4 Å². The molecule has 1 rings (SSSR count). The number of aliphatic hydroxyl groups is 1. The van der Waals surface area contributed by atoms with Crippen LogP contribution in [0, 0.1) is 16.7 Å². The van der Waals surface area contributed by atoms with E-state index >= 15 is 0 Å². The molecule has 2 N–H and O–H groups in total. The van der Waals surface area contributed by atoms with Gasteiger partial charge in [0, 0.05) is 23.3 Å². The number of rotatable bonds is 5. The fourth-order valence-electron chi connectivity index (χ4n) is 1.67. The lowest BCUT2D eigenvalue weighted by molar-refractivity contribution is 0.119. The maximum absolute atomic E-state index is 9.80. The molecule has 1 atom stereocenters. The summed E-state index contributed by atoms with van der Waals surface area (Å²) in [7, 11) is 0. The third-order valence-corrected chi connectivity index (χ3v) is 3.25. The van der Waals surface area contributed by atoms with Crippen LogP contribution in [0.25, 0.3) is 0 Å². The molecule has 0 aliphatic carbocycles. The lowest BCUT2D eigenvalue weighted by atomic mass is 9.89. The first-order chi connectivity index (χ1) is 7.90. The zero-order chi connectivity index (χ0) is 12.9. The minimum atomic E-state index is -0.314. The largest absolute Gasteiger partial charge is 0.392 e. The Kier molecular flexibility index (Phi) is 5.13. The van der Waals surface area contributed by atoms with Gasteiger partial charge in [-0.15, -0.1) is 11.3 Å². The van der Waals surface area contributed by atoms with Gasteiger partial charge in [0.15, 0.2) is 0 Å². The summed E-state index contributed by atoms with van der Waals surface area (Å²) in [6, 6.07) is 3.99. The van der Waals surface area contributed by atoms with E-state index in [9.17, 15) is 5.11 Å². The zero-order valence-corrected chi connectivity index (χ0v) is 11.5. The number of nitriles is 1. The highest BCUT2D eigenvalue weighted by atomic mass is 32.1. The SMILES string of the molecule is CC(C)(C)CC(O)CNCc1cc(C#N)cs1. The number of nitrogens with one attached hydrogen (secondary N) is 1. The molecule has 0 aliphatic rings. The van der Waals surface area contributed by atoms with Gasteiger partial charge in [-0.3, -0.25) is 0 Å². The van der Waals surface area contributed by atoms with Gasteiger partial charge in [0.2, 0.25) is 0 Å². The first-order valence-electron chi connectivity index (χ1n) is 5.77. The fraction of sp³-hybridized carbons (Fsp3) is 0.615. The van der Waals surface area contributed by atoms with Crippen LogP contribution >= 0.6 is 11.3 Å².